The van der Waals surface area contributed by atoms with E-state index in [1.165, 1.54) is 4.90 Å². The van der Waals surface area contributed by atoms with Gasteiger partial charge in [-0.05, 0) is 33.6 Å². The summed E-state index contributed by atoms with van der Waals surface area (Å²) >= 11 is 0. The number of hydrogen-bond donors (Lipinski definition) is 0. The Bertz CT molecular complexity index is 289. The van der Waals surface area contributed by atoms with E-state index >= 15 is 0 Å². The Morgan fingerprint density at radius 1 is 1.53 bits per heavy atom. The number of rotatable bonds is 1. The average Bonchev–Trinajstić information content (AvgIpc) is 2.15. The molecule has 0 aliphatic carbocycles. The normalized spacial score (nSPS) is 17.0. The van der Waals surface area contributed by atoms with E-state index in [0.717, 1.165) is 12.8 Å². The van der Waals surface area contributed by atoms with E-state index in [4.69, 9.17) is 4.74 Å². The summed E-state index contributed by atoms with van der Waals surface area (Å²) in [4.78, 5) is 23.8. The smallest absolute Gasteiger partial charge is 0.414 e. The molecule has 1 heterocycles. The average molecular weight is 211 g/mol. The minimum atomic E-state index is -0.525. The molecule has 0 fully saturated rings. The molecular weight excluding hydrogens is 194 g/mol. The van der Waals surface area contributed by atoms with Crippen LogP contribution < -0.4 is 0 Å². The summed E-state index contributed by atoms with van der Waals surface area (Å²) in [6.45, 7) is 5.97. The second kappa shape index (κ2) is 4.47. The molecule has 0 atom stereocenters. The van der Waals surface area contributed by atoms with E-state index in [2.05, 4.69) is 0 Å². The van der Waals surface area contributed by atoms with Gasteiger partial charge in [0, 0.05) is 6.54 Å². The molecule has 0 aromatic carbocycles. The molecule has 0 unspecified atom stereocenters. The van der Waals surface area contributed by atoms with Gasteiger partial charge in [0.1, 0.15) is 5.60 Å². The minimum absolute atomic E-state index is 0.413. The molecule has 15 heavy (non-hydrogen) atoms. The zero-order valence-electron chi connectivity index (χ0n) is 9.45. The highest BCUT2D eigenvalue weighted by Gasteiger charge is 2.25. The molecule has 4 nitrogen and oxygen atoms in total. The number of amides is 1. The van der Waals surface area contributed by atoms with Crippen LogP contribution in [0.15, 0.2) is 11.8 Å². The summed E-state index contributed by atoms with van der Waals surface area (Å²) in [5.41, 5.74) is -0.113. The van der Waals surface area contributed by atoms with Crippen LogP contribution in [0.5, 0.6) is 0 Å². The van der Waals surface area contributed by atoms with Crippen molar-refractivity contribution >= 4 is 12.4 Å². The molecule has 0 spiro atoms. The Labute approximate surface area is 89.9 Å². The lowest BCUT2D eigenvalue weighted by Gasteiger charge is -2.29. The number of hydrogen-bond acceptors (Lipinski definition) is 3. The Morgan fingerprint density at radius 3 is 2.73 bits per heavy atom. The topological polar surface area (TPSA) is 46.6 Å². The lowest BCUT2D eigenvalue weighted by molar-refractivity contribution is -0.106. The van der Waals surface area contributed by atoms with Crippen molar-refractivity contribution in [3.05, 3.63) is 11.8 Å². The highest BCUT2D eigenvalue weighted by Crippen LogP contribution is 2.17. The van der Waals surface area contributed by atoms with Crippen molar-refractivity contribution in [1.82, 2.24) is 4.90 Å². The van der Waals surface area contributed by atoms with Gasteiger partial charge in [0.25, 0.3) is 0 Å². The third-order valence-electron chi connectivity index (χ3n) is 1.99. The van der Waals surface area contributed by atoms with Crippen LogP contribution in [0, 0.1) is 0 Å². The van der Waals surface area contributed by atoms with E-state index in [1.807, 2.05) is 0 Å². The molecule has 0 saturated heterocycles. The maximum absolute atomic E-state index is 11.7. The van der Waals surface area contributed by atoms with Crippen LogP contribution >= 0.6 is 0 Å². The number of carbonyl (C=O) groups excluding carboxylic acids is 2. The summed E-state index contributed by atoms with van der Waals surface area (Å²) in [6.07, 6.45) is 3.73. The second-order valence-corrected chi connectivity index (χ2v) is 4.52. The summed E-state index contributed by atoms with van der Waals surface area (Å²) in [5, 5.41) is 0. The highest BCUT2D eigenvalue weighted by atomic mass is 16.6. The quantitative estimate of drug-likeness (QED) is 0.624. The van der Waals surface area contributed by atoms with Crippen LogP contribution in [0.4, 0.5) is 4.79 Å². The number of carbonyl (C=O) groups is 2. The first kappa shape index (κ1) is 11.8. The molecule has 1 rings (SSSR count). The van der Waals surface area contributed by atoms with Gasteiger partial charge in [-0.1, -0.05) is 6.08 Å². The number of nitrogens with zero attached hydrogens (tertiary/aromatic N) is 1. The Balaban J connectivity index is 2.70. The minimum Gasteiger partial charge on any atom is -0.443 e. The molecule has 0 radical (unpaired) electrons. The molecule has 1 amide bonds. The van der Waals surface area contributed by atoms with Crippen LogP contribution in [0.1, 0.15) is 33.6 Å². The zero-order valence-corrected chi connectivity index (χ0v) is 9.45. The fourth-order valence-electron chi connectivity index (χ4n) is 1.36. The fourth-order valence-corrected chi connectivity index (χ4v) is 1.36. The van der Waals surface area contributed by atoms with Crippen LogP contribution in [-0.2, 0) is 9.53 Å². The summed E-state index contributed by atoms with van der Waals surface area (Å²) in [5.74, 6) is 0. The molecular formula is C11H17NO3. The Kier molecular flexibility index (Phi) is 3.50. The van der Waals surface area contributed by atoms with Crippen molar-refractivity contribution in [2.75, 3.05) is 6.54 Å². The zero-order chi connectivity index (χ0) is 11.5. The van der Waals surface area contributed by atoms with Crippen LogP contribution in [-0.4, -0.2) is 29.4 Å². The number of aldehydes is 1. The first-order chi connectivity index (χ1) is 6.94. The van der Waals surface area contributed by atoms with Gasteiger partial charge in [-0.3, -0.25) is 9.69 Å². The summed E-state index contributed by atoms with van der Waals surface area (Å²) < 4.78 is 5.20. The predicted octanol–water partition coefficient (Wildman–Crippen LogP) is 2.10. The SMILES string of the molecule is CC(C)(C)OC(=O)N1CCCC=C1C=O. The van der Waals surface area contributed by atoms with Crippen molar-refractivity contribution in [3.8, 4) is 0 Å². The first-order valence-corrected chi connectivity index (χ1v) is 5.10. The number of ether oxygens (including phenoxy) is 1. The van der Waals surface area contributed by atoms with Gasteiger partial charge in [-0.15, -0.1) is 0 Å². The van der Waals surface area contributed by atoms with Crippen molar-refractivity contribution in [2.24, 2.45) is 0 Å². The van der Waals surface area contributed by atoms with Crippen molar-refractivity contribution < 1.29 is 14.3 Å². The van der Waals surface area contributed by atoms with Gasteiger partial charge in [-0.25, -0.2) is 4.79 Å². The summed E-state index contributed by atoms with van der Waals surface area (Å²) in [7, 11) is 0. The standard InChI is InChI=1S/C11H17NO3/c1-11(2,3)15-10(14)12-7-5-4-6-9(12)8-13/h6,8H,4-5,7H2,1-3H3. The third-order valence-corrected chi connectivity index (χ3v) is 1.99. The third kappa shape index (κ3) is 3.38. The molecule has 84 valence electrons. The van der Waals surface area contributed by atoms with Crippen LogP contribution in [0.25, 0.3) is 0 Å². The molecule has 0 N–H and O–H groups in total. The lowest BCUT2D eigenvalue weighted by atomic mass is 10.1. The van der Waals surface area contributed by atoms with E-state index in [-0.39, 0.29) is 0 Å². The molecule has 1 aliphatic rings. The Hall–Kier alpha value is -1.32. The summed E-state index contributed by atoms with van der Waals surface area (Å²) in [6, 6.07) is 0. The van der Waals surface area contributed by atoms with Gasteiger partial charge in [0.05, 0.1) is 5.70 Å². The maximum Gasteiger partial charge on any atom is 0.414 e. The maximum atomic E-state index is 11.7. The van der Waals surface area contributed by atoms with Gasteiger partial charge >= 0.3 is 6.09 Å². The van der Waals surface area contributed by atoms with Crippen molar-refractivity contribution in [3.63, 3.8) is 0 Å². The molecule has 0 aromatic rings. The monoisotopic (exact) mass is 211 g/mol. The largest absolute Gasteiger partial charge is 0.443 e. The van der Waals surface area contributed by atoms with Gasteiger partial charge in [0.2, 0.25) is 0 Å². The second-order valence-electron chi connectivity index (χ2n) is 4.52. The molecule has 0 bridgehead atoms. The predicted molar refractivity (Wildman–Crippen MR) is 56.3 cm³/mol. The molecule has 1 aliphatic heterocycles. The molecule has 0 saturated carbocycles. The van der Waals surface area contributed by atoms with E-state index < -0.39 is 11.7 Å². The fraction of sp³-hybridized carbons (Fsp3) is 0.636. The van der Waals surface area contributed by atoms with Gasteiger partial charge in [-0.2, -0.15) is 0 Å². The van der Waals surface area contributed by atoms with E-state index in [1.54, 1.807) is 26.8 Å². The van der Waals surface area contributed by atoms with Crippen LogP contribution in [0.3, 0.4) is 0 Å². The highest BCUT2D eigenvalue weighted by molar-refractivity contribution is 5.82. The van der Waals surface area contributed by atoms with Gasteiger partial charge in [0.15, 0.2) is 6.29 Å². The van der Waals surface area contributed by atoms with E-state index in [9.17, 15) is 9.59 Å². The number of allylic oxidation sites excluding steroid dienone is 2. The van der Waals surface area contributed by atoms with Crippen LogP contribution in [0.2, 0.25) is 0 Å². The lowest BCUT2D eigenvalue weighted by Crippen LogP contribution is -2.38. The van der Waals surface area contributed by atoms with Gasteiger partial charge < -0.3 is 4.74 Å². The molecule has 0 aromatic heterocycles. The Morgan fingerprint density at radius 2 is 2.20 bits per heavy atom. The van der Waals surface area contributed by atoms with E-state index in [0.29, 0.717) is 18.5 Å². The first-order valence-electron chi connectivity index (χ1n) is 5.10. The van der Waals surface area contributed by atoms with Crippen molar-refractivity contribution in [2.45, 2.75) is 39.2 Å². The molecule has 4 heteroatoms. The van der Waals surface area contributed by atoms with Crippen molar-refractivity contribution in [1.29, 1.82) is 0 Å².